The van der Waals surface area contributed by atoms with E-state index in [0.717, 1.165) is 13.0 Å². The summed E-state index contributed by atoms with van der Waals surface area (Å²) in [5.74, 6) is 0. The minimum Gasteiger partial charge on any atom is -0.316 e. The topological polar surface area (TPSA) is 12.0 Å². The molecule has 0 spiro atoms. The lowest BCUT2D eigenvalue weighted by Gasteiger charge is -1.98. The minimum absolute atomic E-state index is 1.01. The van der Waals surface area contributed by atoms with Crippen LogP contribution >= 0.6 is 0 Å². The molecule has 1 aliphatic carbocycles. The second-order valence-electron chi connectivity index (χ2n) is 3.21. The Kier molecular flexibility index (Phi) is 1.96. The van der Waals surface area contributed by atoms with Crippen LogP contribution in [0, 0.1) is 0 Å². The molecule has 2 rings (SSSR count). The first-order valence-corrected chi connectivity index (χ1v) is 4.32. The fourth-order valence-corrected chi connectivity index (χ4v) is 1.69. The summed E-state index contributed by atoms with van der Waals surface area (Å²) in [6.07, 6.45) is 3.41. The predicted octanol–water partition coefficient (Wildman–Crippen LogP) is 1.85. The molecule has 0 aromatic heterocycles. The third kappa shape index (κ3) is 1.28. The Bertz CT molecular complexity index is 313. The normalized spacial score (nSPS) is 14.2. The van der Waals surface area contributed by atoms with Crippen molar-refractivity contribution in [1.82, 2.24) is 5.32 Å². The van der Waals surface area contributed by atoms with Gasteiger partial charge < -0.3 is 5.32 Å². The van der Waals surface area contributed by atoms with Crippen LogP contribution in [0.4, 0.5) is 0 Å². The Morgan fingerprint density at radius 2 is 2.17 bits per heavy atom. The summed E-state index contributed by atoms with van der Waals surface area (Å²) in [5, 5.41) is 3.18. The van der Waals surface area contributed by atoms with Crippen molar-refractivity contribution in [2.45, 2.75) is 6.42 Å². The third-order valence-corrected chi connectivity index (χ3v) is 2.24. The largest absolute Gasteiger partial charge is 0.316 e. The summed E-state index contributed by atoms with van der Waals surface area (Å²) in [4.78, 5) is 0. The van der Waals surface area contributed by atoms with Gasteiger partial charge in [-0.05, 0) is 24.6 Å². The zero-order chi connectivity index (χ0) is 8.39. The van der Waals surface area contributed by atoms with Crippen LogP contribution in [0.2, 0.25) is 0 Å². The molecule has 0 atom stereocenters. The Morgan fingerprint density at radius 1 is 1.33 bits per heavy atom. The lowest BCUT2D eigenvalue weighted by atomic mass is 10.1. The van der Waals surface area contributed by atoms with Crippen LogP contribution in [0.15, 0.2) is 29.8 Å². The van der Waals surface area contributed by atoms with E-state index in [1.165, 1.54) is 16.7 Å². The van der Waals surface area contributed by atoms with E-state index in [1.54, 1.807) is 0 Å². The van der Waals surface area contributed by atoms with Crippen LogP contribution < -0.4 is 5.32 Å². The van der Waals surface area contributed by atoms with Crippen LogP contribution in [-0.4, -0.2) is 13.6 Å². The zero-order valence-electron chi connectivity index (χ0n) is 7.30. The van der Waals surface area contributed by atoms with Crippen molar-refractivity contribution in [3.63, 3.8) is 0 Å². The average molecular weight is 159 g/mol. The maximum Gasteiger partial charge on any atom is 0.0168 e. The smallest absolute Gasteiger partial charge is 0.0168 e. The molecule has 0 heterocycles. The van der Waals surface area contributed by atoms with E-state index in [9.17, 15) is 0 Å². The Hall–Kier alpha value is -1.08. The van der Waals surface area contributed by atoms with E-state index in [-0.39, 0.29) is 0 Å². The highest BCUT2D eigenvalue weighted by molar-refractivity contribution is 5.63. The predicted molar refractivity (Wildman–Crippen MR) is 52.0 cm³/mol. The molecular weight excluding hydrogens is 146 g/mol. The first-order valence-electron chi connectivity index (χ1n) is 4.32. The molecule has 0 amide bonds. The van der Waals surface area contributed by atoms with E-state index in [4.69, 9.17) is 0 Å². The lowest BCUT2D eigenvalue weighted by Crippen LogP contribution is -2.09. The highest BCUT2D eigenvalue weighted by Crippen LogP contribution is 2.23. The van der Waals surface area contributed by atoms with Gasteiger partial charge in [0.1, 0.15) is 0 Å². The number of nitrogens with one attached hydrogen (secondary N) is 1. The Labute approximate surface area is 73.1 Å². The molecule has 1 aliphatic rings. The molecule has 0 radical (unpaired) electrons. The standard InChI is InChI=1S/C11H13N/c1-12-8-9-6-10-4-2-3-5-11(10)7-9/h2-6,12H,7-8H2,1H3. The Morgan fingerprint density at radius 3 is 2.92 bits per heavy atom. The Balaban J connectivity index is 2.23. The monoisotopic (exact) mass is 159 g/mol. The fourth-order valence-electron chi connectivity index (χ4n) is 1.69. The number of fused-ring (bicyclic) bond motifs is 1. The molecule has 0 aliphatic heterocycles. The molecule has 0 bridgehead atoms. The maximum absolute atomic E-state index is 3.18. The highest BCUT2D eigenvalue weighted by atomic mass is 14.8. The van der Waals surface area contributed by atoms with Gasteiger partial charge in [-0.3, -0.25) is 0 Å². The van der Waals surface area contributed by atoms with Gasteiger partial charge in [0.25, 0.3) is 0 Å². The number of rotatable bonds is 2. The number of hydrogen-bond donors (Lipinski definition) is 1. The molecule has 1 heteroatoms. The lowest BCUT2D eigenvalue weighted by molar-refractivity contribution is 0.866. The van der Waals surface area contributed by atoms with Crippen LogP contribution in [-0.2, 0) is 6.42 Å². The van der Waals surface area contributed by atoms with Gasteiger partial charge in [-0.15, -0.1) is 0 Å². The van der Waals surface area contributed by atoms with Gasteiger partial charge in [0.05, 0.1) is 0 Å². The van der Waals surface area contributed by atoms with Crippen molar-refractivity contribution >= 4 is 6.08 Å². The summed E-state index contributed by atoms with van der Waals surface area (Å²) < 4.78 is 0. The molecule has 1 N–H and O–H groups in total. The third-order valence-electron chi connectivity index (χ3n) is 2.24. The van der Waals surface area contributed by atoms with Crippen LogP contribution in [0.25, 0.3) is 6.08 Å². The van der Waals surface area contributed by atoms with E-state index in [1.807, 2.05) is 7.05 Å². The van der Waals surface area contributed by atoms with Crippen LogP contribution in [0.3, 0.4) is 0 Å². The van der Waals surface area contributed by atoms with Crippen molar-refractivity contribution in [3.8, 4) is 0 Å². The van der Waals surface area contributed by atoms with Crippen molar-refractivity contribution in [2.75, 3.05) is 13.6 Å². The van der Waals surface area contributed by atoms with Crippen molar-refractivity contribution in [3.05, 3.63) is 41.0 Å². The van der Waals surface area contributed by atoms with Crippen molar-refractivity contribution in [1.29, 1.82) is 0 Å². The minimum atomic E-state index is 1.01. The molecule has 0 saturated heterocycles. The van der Waals surface area contributed by atoms with Crippen molar-refractivity contribution in [2.24, 2.45) is 0 Å². The second-order valence-corrected chi connectivity index (χ2v) is 3.21. The molecule has 1 aromatic rings. The number of likely N-dealkylation sites (N-methyl/N-ethyl adjacent to an activating group) is 1. The van der Waals surface area contributed by atoms with Gasteiger partial charge in [0.2, 0.25) is 0 Å². The summed E-state index contributed by atoms with van der Waals surface area (Å²) in [5.41, 5.74) is 4.34. The van der Waals surface area contributed by atoms with E-state index in [0.29, 0.717) is 0 Å². The van der Waals surface area contributed by atoms with Gasteiger partial charge >= 0.3 is 0 Å². The van der Waals surface area contributed by atoms with Gasteiger partial charge in [-0.25, -0.2) is 0 Å². The van der Waals surface area contributed by atoms with Gasteiger partial charge in [-0.2, -0.15) is 0 Å². The fraction of sp³-hybridized carbons (Fsp3) is 0.273. The quantitative estimate of drug-likeness (QED) is 0.694. The molecular formula is C11H13N. The summed E-state index contributed by atoms with van der Waals surface area (Å²) in [7, 11) is 1.99. The molecule has 0 unspecified atom stereocenters. The summed E-state index contributed by atoms with van der Waals surface area (Å²) in [6, 6.07) is 8.58. The highest BCUT2D eigenvalue weighted by Gasteiger charge is 2.09. The van der Waals surface area contributed by atoms with Crippen LogP contribution in [0.5, 0.6) is 0 Å². The van der Waals surface area contributed by atoms with E-state index >= 15 is 0 Å². The SMILES string of the molecule is CNCC1=Cc2ccccc2C1. The first kappa shape index (κ1) is 7.56. The van der Waals surface area contributed by atoms with E-state index in [2.05, 4.69) is 35.7 Å². The van der Waals surface area contributed by atoms with Gasteiger partial charge in [0, 0.05) is 6.54 Å². The average Bonchev–Trinajstić information content (AvgIpc) is 2.47. The second kappa shape index (κ2) is 3.11. The molecule has 1 aromatic carbocycles. The molecule has 62 valence electrons. The summed E-state index contributed by atoms with van der Waals surface area (Å²) >= 11 is 0. The number of hydrogen-bond acceptors (Lipinski definition) is 1. The van der Waals surface area contributed by atoms with Gasteiger partial charge in [-0.1, -0.05) is 35.9 Å². The molecule has 12 heavy (non-hydrogen) atoms. The number of benzene rings is 1. The molecule has 1 nitrogen and oxygen atoms in total. The summed E-state index contributed by atoms with van der Waals surface area (Å²) in [6.45, 7) is 1.01. The van der Waals surface area contributed by atoms with Crippen molar-refractivity contribution < 1.29 is 0 Å². The molecule has 0 saturated carbocycles. The first-order chi connectivity index (χ1) is 5.90. The zero-order valence-corrected chi connectivity index (χ0v) is 7.30. The maximum atomic E-state index is 3.18. The van der Waals surface area contributed by atoms with Crippen LogP contribution in [0.1, 0.15) is 11.1 Å². The van der Waals surface area contributed by atoms with E-state index < -0.39 is 0 Å². The molecule has 0 fully saturated rings. The van der Waals surface area contributed by atoms with Gasteiger partial charge in [0.15, 0.2) is 0 Å².